The number of benzene rings is 1. The lowest BCUT2D eigenvalue weighted by molar-refractivity contribution is 0.102. The predicted molar refractivity (Wildman–Crippen MR) is 119 cm³/mol. The Hall–Kier alpha value is -2.04. The number of halogens is 2. The van der Waals surface area contributed by atoms with Crippen molar-refractivity contribution in [3.63, 3.8) is 0 Å². The van der Waals surface area contributed by atoms with Gasteiger partial charge in [-0.25, -0.2) is 18.7 Å². The number of aromatic nitrogens is 2. The largest absolute Gasteiger partial charge is 0.490 e. The summed E-state index contributed by atoms with van der Waals surface area (Å²) in [5.74, 6) is 1.17. The number of aryl methyl sites for hydroxylation is 1. The Morgan fingerprint density at radius 2 is 1.43 bits per heavy atom. The lowest BCUT2D eigenvalue weighted by atomic mass is 10.1. The Labute approximate surface area is 180 Å². The molecule has 0 saturated heterocycles. The molecule has 1 aromatic carbocycles. The van der Waals surface area contributed by atoms with Gasteiger partial charge in [0.15, 0.2) is 12.0 Å². The van der Waals surface area contributed by atoms with Gasteiger partial charge >= 0.3 is 0 Å². The minimum Gasteiger partial charge on any atom is -0.490 e. The third kappa shape index (κ3) is 8.76. The molecule has 0 bridgehead atoms. The van der Waals surface area contributed by atoms with Crippen LogP contribution in [0, 0.1) is 0 Å². The molecule has 5 heteroatoms. The molecule has 0 amide bonds. The minimum absolute atomic E-state index is 0.242. The van der Waals surface area contributed by atoms with E-state index in [1.54, 1.807) is 12.1 Å². The minimum atomic E-state index is -1.60. The van der Waals surface area contributed by atoms with E-state index in [0.717, 1.165) is 24.0 Å². The summed E-state index contributed by atoms with van der Waals surface area (Å²) in [6.45, 7) is 3.92. The number of hydrogen-bond donors (Lipinski definition) is 0. The van der Waals surface area contributed by atoms with Crippen molar-refractivity contribution in [3.05, 3.63) is 42.2 Å². The maximum Gasteiger partial charge on any atom is 0.165 e. The summed E-state index contributed by atoms with van der Waals surface area (Å²) >= 11 is 0. The average molecular weight is 419 g/mol. The summed E-state index contributed by atoms with van der Waals surface area (Å²) in [5.41, 5.74) is 2.03. The fourth-order valence-electron chi connectivity index (χ4n) is 3.30. The van der Waals surface area contributed by atoms with Crippen LogP contribution >= 0.6 is 0 Å². The number of hydrogen-bond acceptors (Lipinski definition) is 3. The molecule has 0 fully saturated rings. The van der Waals surface area contributed by atoms with Crippen molar-refractivity contribution in [2.75, 3.05) is 6.61 Å². The van der Waals surface area contributed by atoms with Crippen molar-refractivity contribution in [1.82, 2.24) is 9.97 Å². The van der Waals surface area contributed by atoms with Crippen molar-refractivity contribution in [2.24, 2.45) is 0 Å². The van der Waals surface area contributed by atoms with Crippen LogP contribution in [0.15, 0.2) is 36.7 Å². The molecule has 0 aliphatic rings. The van der Waals surface area contributed by atoms with Crippen LogP contribution < -0.4 is 4.74 Å². The maximum absolute atomic E-state index is 13.8. The molecule has 0 N–H and O–H groups in total. The van der Waals surface area contributed by atoms with E-state index in [2.05, 4.69) is 16.9 Å². The van der Waals surface area contributed by atoms with E-state index in [4.69, 9.17) is 4.74 Å². The molecule has 0 saturated carbocycles. The van der Waals surface area contributed by atoms with Crippen molar-refractivity contribution in [3.8, 4) is 17.1 Å². The van der Waals surface area contributed by atoms with Crippen LogP contribution in [0.3, 0.4) is 0 Å². The summed E-state index contributed by atoms with van der Waals surface area (Å²) in [5, 5.41) is 0. The highest BCUT2D eigenvalue weighted by Gasteiger charge is 2.20. The third-order valence-corrected chi connectivity index (χ3v) is 5.27. The molecule has 30 heavy (non-hydrogen) atoms. The van der Waals surface area contributed by atoms with E-state index in [1.807, 2.05) is 31.5 Å². The molecule has 2 atom stereocenters. The zero-order valence-electron chi connectivity index (χ0n) is 18.5. The average Bonchev–Trinajstić information content (AvgIpc) is 2.79. The highest BCUT2D eigenvalue weighted by molar-refractivity contribution is 5.55. The zero-order valence-corrected chi connectivity index (χ0v) is 18.5. The SMILES string of the molecule is CCCCCCCCc1cnc(-c2ccc(OCC(F)C(F)CCCC)cc2)nc1. The Bertz CT molecular complexity index is 691. The molecule has 1 aromatic heterocycles. The molecule has 2 aromatic rings. The van der Waals surface area contributed by atoms with Gasteiger partial charge in [0.25, 0.3) is 0 Å². The van der Waals surface area contributed by atoms with Gasteiger partial charge in [-0.3, -0.25) is 0 Å². The van der Waals surface area contributed by atoms with Gasteiger partial charge in [-0.05, 0) is 49.1 Å². The summed E-state index contributed by atoms with van der Waals surface area (Å²) < 4.78 is 32.9. The number of rotatable bonds is 15. The molecule has 0 aliphatic carbocycles. The molecule has 0 radical (unpaired) electrons. The van der Waals surface area contributed by atoms with Crippen molar-refractivity contribution in [2.45, 2.75) is 90.4 Å². The first-order chi connectivity index (χ1) is 14.6. The molecule has 2 rings (SSSR count). The van der Waals surface area contributed by atoms with Crippen LogP contribution in [-0.2, 0) is 6.42 Å². The number of unbranched alkanes of at least 4 members (excludes halogenated alkanes) is 6. The summed E-state index contributed by atoms with van der Waals surface area (Å²) in [7, 11) is 0. The molecular formula is C25H36F2N2O. The Morgan fingerprint density at radius 1 is 0.800 bits per heavy atom. The van der Waals surface area contributed by atoms with Crippen LogP contribution in [0.25, 0.3) is 11.4 Å². The topological polar surface area (TPSA) is 35.0 Å². The molecule has 3 nitrogen and oxygen atoms in total. The second-order valence-electron chi connectivity index (χ2n) is 7.94. The third-order valence-electron chi connectivity index (χ3n) is 5.27. The van der Waals surface area contributed by atoms with Crippen LogP contribution in [-0.4, -0.2) is 28.9 Å². The van der Waals surface area contributed by atoms with Crippen LogP contribution in [0.4, 0.5) is 8.78 Å². The van der Waals surface area contributed by atoms with Gasteiger partial charge in [0.2, 0.25) is 0 Å². The quantitative estimate of drug-likeness (QED) is 0.285. The van der Waals surface area contributed by atoms with Gasteiger partial charge in [-0.1, -0.05) is 58.8 Å². The standard InChI is InChI=1S/C25H36F2N2O/c1-3-5-7-8-9-10-11-20-17-28-25(29-18-20)21-13-15-22(16-14-21)30-19-24(27)23(26)12-6-4-2/h13-18,23-24H,3-12,19H2,1-2H3. The van der Waals surface area contributed by atoms with E-state index in [1.165, 1.54) is 38.5 Å². The smallest absolute Gasteiger partial charge is 0.165 e. The first kappa shape index (κ1) is 24.2. The highest BCUT2D eigenvalue weighted by Crippen LogP contribution is 2.21. The van der Waals surface area contributed by atoms with Gasteiger partial charge < -0.3 is 4.74 Å². The monoisotopic (exact) mass is 418 g/mol. The molecule has 166 valence electrons. The normalized spacial score (nSPS) is 13.2. The predicted octanol–water partition coefficient (Wildman–Crippen LogP) is 7.29. The van der Waals surface area contributed by atoms with Gasteiger partial charge in [0.05, 0.1) is 0 Å². The fraction of sp³-hybridized carbons (Fsp3) is 0.600. The number of alkyl halides is 2. The molecule has 2 unspecified atom stereocenters. The van der Waals surface area contributed by atoms with Crippen LogP contribution in [0.5, 0.6) is 5.75 Å². The van der Waals surface area contributed by atoms with Gasteiger partial charge in [-0.2, -0.15) is 0 Å². The van der Waals surface area contributed by atoms with Crippen molar-refractivity contribution >= 4 is 0 Å². The van der Waals surface area contributed by atoms with Crippen LogP contribution in [0.1, 0.15) is 77.2 Å². The van der Waals surface area contributed by atoms with E-state index in [-0.39, 0.29) is 13.0 Å². The van der Waals surface area contributed by atoms with E-state index in [9.17, 15) is 8.78 Å². The van der Waals surface area contributed by atoms with Gasteiger partial charge in [0, 0.05) is 18.0 Å². The molecule has 0 spiro atoms. The Kier molecular flexibility index (Phi) is 11.3. The summed E-state index contributed by atoms with van der Waals surface area (Å²) in [6, 6.07) is 7.18. The van der Waals surface area contributed by atoms with Gasteiger partial charge in [-0.15, -0.1) is 0 Å². The van der Waals surface area contributed by atoms with E-state index in [0.29, 0.717) is 18.0 Å². The van der Waals surface area contributed by atoms with E-state index >= 15 is 0 Å². The van der Waals surface area contributed by atoms with Crippen molar-refractivity contribution in [1.29, 1.82) is 0 Å². The Morgan fingerprint density at radius 3 is 2.10 bits per heavy atom. The molecular weight excluding hydrogens is 382 g/mol. The molecule has 1 heterocycles. The number of nitrogens with zero attached hydrogens (tertiary/aromatic N) is 2. The zero-order chi connectivity index (χ0) is 21.6. The summed E-state index contributed by atoms with van der Waals surface area (Å²) in [4.78, 5) is 8.94. The second-order valence-corrected chi connectivity index (χ2v) is 7.94. The lowest BCUT2D eigenvalue weighted by Crippen LogP contribution is -2.24. The Balaban J connectivity index is 1.77. The van der Waals surface area contributed by atoms with Crippen molar-refractivity contribution < 1.29 is 13.5 Å². The maximum atomic E-state index is 13.8. The lowest BCUT2D eigenvalue weighted by Gasteiger charge is -2.14. The fourth-order valence-corrected chi connectivity index (χ4v) is 3.30. The first-order valence-electron chi connectivity index (χ1n) is 11.5. The first-order valence-corrected chi connectivity index (χ1v) is 11.5. The summed E-state index contributed by atoms with van der Waals surface area (Å²) in [6.07, 6.45) is 11.2. The van der Waals surface area contributed by atoms with Gasteiger partial charge in [0.1, 0.15) is 18.5 Å². The second kappa shape index (κ2) is 14.1. The van der Waals surface area contributed by atoms with E-state index < -0.39 is 12.3 Å². The molecule has 0 aliphatic heterocycles. The number of ether oxygens (including phenoxy) is 1. The highest BCUT2D eigenvalue weighted by atomic mass is 19.2. The van der Waals surface area contributed by atoms with Crippen LogP contribution in [0.2, 0.25) is 0 Å².